The molecule has 1 atom stereocenters. The fourth-order valence-corrected chi connectivity index (χ4v) is 4.34. The van der Waals surface area contributed by atoms with Crippen molar-refractivity contribution < 1.29 is 22.0 Å². The lowest BCUT2D eigenvalue weighted by Crippen LogP contribution is -2.39. The fraction of sp³-hybridized carbons (Fsp3) is 0.300. The zero-order valence-corrected chi connectivity index (χ0v) is 16.2. The topological polar surface area (TPSA) is 83.1 Å². The number of likely N-dealkylation sites (tertiary alicyclic amines) is 1. The summed E-state index contributed by atoms with van der Waals surface area (Å²) in [5.41, 5.74) is 2.09. The van der Waals surface area contributed by atoms with Gasteiger partial charge in [0.2, 0.25) is 9.84 Å². The zero-order valence-electron chi connectivity index (χ0n) is 15.4. The van der Waals surface area contributed by atoms with Crippen LogP contribution < -0.4 is 0 Å². The van der Waals surface area contributed by atoms with Gasteiger partial charge in [-0.1, -0.05) is 12.1 Å². The standard InChI is InChI=1S/C20H19F2N3O3S/c21-20(22)29(27,28)15-9-7-13(8-10-15)19(26)25-11-3-4-14(12-25)18-23-16-5-1-2-6-17(16)24-18/h1-2,5-10,14,20H,3-4,11-12H2,(H,23,24)/t14-/m1/s1. The molecule has 29 heavy (non-hydrogen) atoms. The van der Waals surface area contributed by atoms with Crippen molar-refractivity contribution in [3.05, 3.63) is 59.9 Å². The number of fused-ring (bicyclic) bond motifs is 1. The van der Waals surface area contributed by atoms with Crippen molar-refractivity contribution >= 4 is 26.8 Å². The number of carbonyl (C=O) groups is 1. The molecule has 0 aliphatic carbocycles. The Hall–Kier alpha value is -2.81. The average molecular weight is 419 g/mol. The summed E-state index contributed by atoms with van der Waals surface area (Å²) in [6.07, 6.45) is 1.71. The van der Waals surface area contributed by atoms with Gasteiger partial charge < -0.3 is 9.88 Å². The summed E-state index contributed by atoms with van der Waals surface area (Å²) >= 11 is 0. The number of imidazole rings is 1. The van der Waals surface area contributed by atoms with Gasteiger partial charge >= 0.3 is 5.76 Å². The molecule has 1 amide bonds. The Bertz CT molecular complexity index is 1110. The number of alkyl halides is 2. The minimum atomic E-state index is -4.67. The average Bonchev–Trinajstić information content (AvgIpc) is 3.18. The van der Waals surface area contributed by atoms with Crippen LogP contribution >= 0.6 is 0 Å². The first kappa shape index (κ1) is 19.5. The number of hydrogen-bond donors (Lipinski definition) is 1. The number of aromatic amines is 1. The molecule has 152 valence electrons. The van der Waals surface area contributed by atoms with Crippen molar-refractivity contribution in [3.63, 3.8) is 0 Å². The molecular formula is C20H19F2N3O3S. The Labute approximate surface area is 166 Å². The Kier molecular flexibility index (Phi) is 5.08. The van der Waals surface area contributed by atoms with Gasteiger partial charge in [-0.25, -0.2) is 13.4 Å². The second-order valence-corrected chi connectivity index (χ2v) is 8.98. The van der Waals surface area contributed by atoms with Crippen LogP contribution in [0.3, 0.4) is 0 Å². The minimum Gasteiger partial charge on any atom is -0.342 e. The van der Waals surface area contributed by atoms with Gasteiger partial charge in [0.05, 0.1) is 15.9 Å². The van der Waals surface area contributed by atoms with Crippen molar-refractivity contribution in [1.82, 2.24) is 14.9 Å². The van der Waals surface area contributed by atoms with Crippen LogP contribution in [0.25, 0.3) is 11.0 Å². The van der Waals surface area contributed by atoms with E-state index >= 15 is 0 Å². The van der Waals surface area contributed by atoms with E-state index < -0.39 is 20.5 Å². The van der Waals surface area contributed by atoms with Gasteiger partial charge in [-0.05, 0) is 49.2 Å². The molecule has 1 aliphatic rings. The third kappa shape index (κ3) is 3.74. The van der Waals surface area contributed by atoms with Crippen LogP contribution in [0.1, 0.15) is 34.9 Å². The number of nitrogens with one attached hydrogen (secondary N) is 1. The fourth-order valence-electron chi connectivity index (χ4n) is 3.62. The second-order valence-electron chi connectivity index (χ2n) is 7.06. The largest absolute Gasteiger partial charge is 0.342 e. The molecule has 6 nitrogen and oxygen atoms in total. The number of para-hydroxylation sites is 2. The maximum Gasteiger partial charge on any atom is 0.341 e. The maximum absolute atomic E-state index is 12.8. The summed E-state index contributed by atoms with van der Waals surface area (Å²) in [6.45, 7) is 1.06. The summed E-state index contributed by atoms with van der Waals surface area (Å²) in [5, 5.41) is 0. The van der Waals surface area contributed by atoms with Crippen LogP contribution in [-0.4, -0.2) is 48.0 Å². The monoisotopic (exact) mass is 419 g/mol. The SMILES string of the molecule is O=C(c1ccc(S(=O)(=O)C(F)F)cc1)N1CCC[C@@H](c2nc3ccccc3[nH]2)C1. The lowest BCUT2D eigenvalue weighted by molar-refractivity contribution is 0.0705. The highest BCUT2D eigenvalue weighted by atomic mass is 32.2. The number of halogens is 2. The predicted octanol–water partition coefficient (Wildman–Crippen LogP) is 3.58. The van der Waals surface area contributed by atoms with Gasteiger partial charge in [0, 0.05) is 24.6 Å². The van der Waals surface area contributed by atoms with E-state index in [0.717, 1.165) is 41.8 Å². The van der Waals surface area contributed by atoms with E-state index in [2.05, 4.69) is 9.97 Å². The number of rotatable bonds is 4. The van der Waals surface area contributed by atoms with Gasteiger partial charge in [0.25, 0.3) is 5.91 Å². The Morgan fingerprint density at radius 2 is 1.86 bits per heavy atom. The van der Waals surface area contributed by atoms with Crippen molar-refractivity contribution in [3.8, 4) is 0 Å². The van der Waals surface area contributed by atoms with E-state index in [1.54, 1.807) is 4.90 Å². The molecule has 1 fully saturated rings. The summed E-state index contributed by atoms with van der Waals surface area (Å²) < 4.78 is 48.4. The van der Waals surface area contributed by atoms with Crippen LogP contribution in [0.2, 0.25) is 0 Å². The first-order valence-corrected chi connectivity index (χ1v) is 10.8. The van der Waals surface area contributed by atoms with Crippen molar-refractivity contribution in [2.75, 3.05) is 13.1 Å². The third-order valence-electron chi connectivity index (χ3n) is 5.17. The highest BCUT2D eigenvalue weighted by molar-refractivity contribution is 7.91. The Morgan fingerprint density at radius 3 is 2.55 bits per heavy atom. The third-order valence-corrected chi connectivity index (χ3v) is 6.57. The number of sulfone groups is 1. The molecule has 1 saturated heterocycles. The van der Waals surface area contributed by atoms with Gasteiger partial charge in [0.1, 0.15) is 5.82 Å². The lowest BCUT2D eigenvalue weighted by Gasteiger charge is -2.32. The Balaban J connectivity index is 1.51. The van der Waals surface area contributed by atoms with Crippen LogP contribution in [0, 0.1) is 0 Å². The van der Waals surface area contributed by atoms with E-state index in [4.69, 9.17) is 0 Å². The molecule has 1 N–H and O–H groups in total. The molecule has 0 unspecified atom stereocenters. The Morgan fingerprint density at radius 1 is 1.14 bits per heavy atom. The number of H-pyrrole nitrogens is 1. The molecule has 3 aromatic rings. The molecule has 9 heteroatoms. The number of amides is 1. The second kappa shape index (κ2) is 7.55. The number of benzene rings is 2. The maximum atomic E-state index is 12.8. The van der Waals surface area contributed by atoms with Crippen LogP contribution in [0.15, 0.2) is 53.4 Å². The van der Waals surface area contributed by atoms with Crippen molar-refractivity contribution in [2.45, 2.75) is 29.4 Å². The molecule has 1 aromatic heterocycles. The first-order valence-electron chi connectivity index (χ1n) is 9.22. The number of carbonyl (C=O) groups excluding carboxylic acids is 1. The van der Waals surface area contributed by atoms with E-state index in [0.29, 0.717) is 13.1 Å². The molecule has 2 aromatic carbocycles. The molecular weight excluding hydrogens is 400 g/mol. The minimum absolute atomic E-state index is 0.0681. The van der Waals surface area contributed by atoms with Crippen LogP contribution in [0.4, 0.5) is 8.78 Å². The molecule has 0 saturated carbocycles. The smallest absolute Gasteiger partial charge is 0.341 e. The summed E-state index contributed by atoms with van der Waals surface area (Å²) in [6, 6.07) is 12.4. The van der Waals surface area contributed by atoms with Crippen LogP contribution in [-0.2, 0) is 9.84 Å². The summed E-state index contributed by atoms with van der Waals surface area (Å²) in [5.74, 6) is -2.84. The quantitative estimate of drug-likeness (QED) is 0.701. The van der Waals surface area contributed by atoms with Crippen molar-refractivity contribution in [2.24, 2.45) is 0 Å². The summed E-state index contributed by atoms with van der Waals surface area (Å²) in [7, 11) is -4.67. The normalized spacial score (nSPS) is 17.8. The van der Waals surface area contributed by atoms with Crippen LogP contribution in [0.5, 0.6) is 0 Å². The molecule has 4 rings (SSSR count). The molecule has 1 aliphatic heterocycles. The van der Waals surface area contributed by atoms with E-state index in [1.165, 1.54) is 12.1 Å². The highest BCUT2D eigenvalue weighted by Crippen LogP contribution is 2.28. The number of nitrogens with zero attached hydrogens (tertiary/aromatic N) is 2. The molecule has 0 bridgehead atoms. The van der Waals surface area contributed by atoms with Gasteiger partial charge in [0.15, 0.2) is 0 Å². The van der Waals surface area contributed by atoms with Gasteiger partial charge in [-0.3, -0.25) is 4.79 Å². The molecule has 2 heterocycles. The van der Waals surface area contributed by atoms with Gasteiger partial charge in [-0.15, -0.1) is 0 Å². The lowest BCUT2D eigenvalue weighted by atomic mass is 9.96. The highest BCUT2D eigenvalue weighted by Gasteiger charge is 2.29. The van der Waals surface area contributed by atoms with E-state index in [1.807, 2.05) is 24.3 Å². The number of piperidine rings is 1. The van der Waals surface area contributed by atoms with E-state index in [9.17, 15) is 22.0 Å². The number of aromatic nitrogens is 2. The van der Waals surface area contributed by atoms with Crippen molar-refractivity contribution in [1.29, 1.82) is 0 Å². The predicted molar refractivity (Wildman–Crippen MR) is 104 cm³/mol. The first-order chi connectivity index (χ1) is 13.9. The number of hydrogen-bond acceptors (Lipinski definition) is 4. The zero-order chi connectivity index (χ0) is 20.6. The van der Waals surface area contributed by atoms with Gasteiger partial charge in [-0.2, -0.15) is 8.78 Å². The summed E-state index contributed by atoms with van der Waals surface area (Å²) in [4.78, 5) is 22.0. The molecule has 0 radical (unpaired) electrons. The molecule has 0 spiro atoms. The van der Waals surface area contributed by atoms with E-state index in [-0.39, 0.29) is 17.4 Å².